The second-order valence-corrected chi connectivity index (χ2v) is 6.47. The fraction of sp³-hybridized carbons (Fsp3) is 0.263. The molecular formula is C19H21NO4. The van der Waals surface area contributed by atoms with Crippen molar-refractivity contribution >= 4 is 17.6 Å². The standard InChI is InChI=1S/C19H21NO4/c1-19(2,3)13-8-10-14(11-9-13)20-17(22)12-24-18(23)15-6-4-5-7-16(15)21/h4-11,21H,12H2,1-3H3,(H,20,22). The number of carbonyl (C=O) groups is 2. The van der Waals surface area contributed by atoms with Gasteiger partial charge in [-0.3, -0.25) is 4.79 Å². The molecule has 5 heteroatoms. The molecule has 5 nitrogen and oxygen atoms in total. The summed E-state index contributed by atoms with van der Waals surface area (Å²) in [6, 6.07) is 13.5. The number of para-hydroxylation sites is 1. The lowest BCUT2D eigenvalue weighted by Crippen LogP contribution is -2.21. The lowest BCUT2D eigenvalue weighted by molar-refractivity contribution is -0.119. The maximum Gasteiger partial charge on any atom is 0.342 e. The Bertz CT molecular complexity index is 730. The zero-order valence-electron chi connectivity index (χ0n) is 14.0. The van der Waals surface area contributed by atoms with Crippen LogP contribution in [-0.4, -0.2) is 23.6 Å². The van der Waals surface area contributed by atoms with E-state index in [0.29, 0.717) is 5.69 Å². The largest absolute Gasteiger partial charge is 0.507 e. The fourth-order valence-corrected chi connectivity index (χ4v) is 2.11. The van der Waals surface area contributed by atoms with Gasteiger partial charge in [0.15, 0.2) is 6.61 Å². The first-order valence-electron chi connectivity index (χ1n) is 7.63. The summed E-state index contributed by atoms with van der Waals surface area (Å²) < 4.78 is 4.91. The third-order valence-corrected chi connectivity index (χ3v) is 3.49. The van der Waals surface area contributed by atoms with Crippen LogP contribution in [-0.2, 0) is 14.9 Å². The van der Waals surface area contributed by atoms with Gasteiger partial charge < -0.3 is 15.2 Å². The van der Waals surface area contributed by atoms with Crippen molar-refractivity contribution in [2.45, 2.75) is 26.2 Å². The van der Waals surface area contributed by atoms with Crippen LogP contribution in [0.3, 0.4) is 0 Å². The Morgan fingerprint density at radius 2 is 1.67 bits per heavy atom. The summed E-state index contributed by atoms with van der Waals surface area (Å²) in [6.07, 6.45) is 0. The molecule has 0 unspecified atom stereocenters. The first kappa shape index (κ1) is 17.5. The number of phenols is 1. The molecule has 2 aromatic rings. The van der Waals surface area contributed by atoms with Crippen LogP contribution in [0, 0.1) is 0 Å². The van der Waals surface area contributed by atoms with E-state index in [1.807, 2.05) is 24.3 Å². The average molecular weight is 327 g/mol. The van der Waals surface area contributed by atoms with Gasteiger partial charge in [-0.05, 0) is 35.2 Å². The van der Waals surface area contributed by atoms with Gasteiger partial charge in [0.05, 0.1) is 0 Å². The Morgan fingerprint density at radius 1 is 1.04 bits per heavy atom. The highest BCUT2D eigenvalue weighted by atomic mass is 16.5. The summed E-state index contributed by atoms with van der Waals surface area (Å²) in [5.41, 5.74) is 1.85. The number of amides is 1. The normalized spacial score (nSPS) is 11.0. The molecule has 24 heavy (non-hydrogen) atoms. The van der Waals surface area contributed by atoms with Crippen molar-refractivity contribution in [3.05, 3.63) is 59.7 Å². The molecule has 0 aliphatic carbocycles. The van der Waals surface area contributed by atoms with Crippen molar-refractivity contribution in [3.63, 3.8) is 0 Å². The average Bonchev–Trinajstić information content (AvgIpc) is 2.53. The number of benzene rings is 2. The maximum atomic E-state index is 11.9. The quantitative estimate of drug-likeness (QED) is 0.843. The van der Waals surface area contributed by atoms with E-state index in [0.717, 1.165) is 5.56 Å². The first-order valence-corrected chi connectivity index (χ1v) is 7.63. The van der Waals surface area contributed by atoms with Crippen LogP contribution >= 0.6 is 0 Å². The van der Waals surface area contributed by atoms with Gasteiger partial charge in [0.2, 0.25) is 0 Å². The predicted octanol–water partition coefficient (Wildman–Crippen LogP) is 3.49. The van der Waals surface area contributed by atoms with Crippen LogP contribution in [0.1, 0.15) is 36.7 Å². The lowest BCUT2D eigenvalue weighted by Gasteiger charge is -2.19. The number of carbonyl (C=O) groups excluding carboxylic acids is 2. The SMILES string of the molecule is CC(C)(C)c1ccc(NC(=O)COC(=O)c2ccccc2O)cc1. The summed E-state index contributed by atoms with van der Waals surface area (Å²) in [7, 11) is 0. The summed E-state index contributed by atoms with van der Waals surface area (Å²) >= 11 is 0. The number of nitrogens with one attached hydrogen (secondary N) is 1. The Kier molecular flexibility index (Phi) is 5.24. The van der Waals surface area contributed by atoms with Gasteiger partial charge in [0, 0.05) is 5.69 Å². The molecule has 2 N–H and O–H groups in total. The van der Waals surface area contributed by atoms with E-state index in [-0.39, 0.29) is 16.7 Å². The smallest absolute Gasteiger partial charge is 0.342 e. The number of esters is 1. The van der Waals surface area contributed by atoms with Crippen molar-refractivity contribution < 1.29 is 19.4 Å². The molecule has 0 aromatic heterocycles. The van der Waals surface area contributed by atoms with Crippen LogP contribution < -0.4 is 5.32 Å². The van der Waals surface area contributed by atoms with Crippen LogP contribution in [0.4, 0.5) is 5.69 Å². The Hall–Kier alpha value is -2.82. The van der Waals surface area contributed by atoms with Gasteiger partial charge in [0.1, 0.15) is 11.3 Å². The zero-order chi connectivity index (χ0) is 17.7. The predicted molar refractivity (Wildman–Crippen MR) is 92.2 cm³/mol. The number of rotatable bonds is 4. The molecule has 0 atom stereocenters. The second kappa shape index (κ2) is 7.17. The molecule has 0 spiro atoms. The van der Waals surface area contributed by atoms with Gasteiger partial charge >= 0.3 is 5.97 Å². The second-order valence-electron chi connectivity index (χ2n) is 6.47. The molecule has 0 fully saturated rings. The van der Waals surface area contributed by atoms with E-state index in [1.165, 1.54) is 12.1 Å². The molecule has 0 aliphatic heterocycles. The molecule has 0 bridgehead atoms. The van der Waals surface area contributed by atoms with Crippen LogP contribution in [0.2, 0.25) is 0 Å². The summed E-state index contributed by atoms with van der Waals surface area (Å²) in [4.78, 5) is 23.7. The lowest BCUT2D eigenvalue weighted by atomic mass is 9.87. The maximum absolute atomic E-state index is 11.9. The van der Waals surface area contributed by atoms with E-state index in [4.69, 9.17) is 4.74 Å². The summed E-state index contributed by atoms with van der Waals surface area (Å²) in [5.74, 6) is -1.37. The van der Waals surface area contributed by atoms with Gasteiger partial charge in [0.25, 0.3) is 5.91 Å². The van der Waals surface area contributed by atoms with Gasteiger partial charge in [-0.1, -0.05) is 45.0 Å². The van der Waals surface area contributed by atoms with Gasteiger partial charge in [-0.2, -0.15) is 0 Å². The van der Waals surface area contributed by atoms with Crippen molar-refractivity contribution in [1.29, 1.82) is 0 Å². The third-order valence-electron chi connectivity index (χ3n) is 3.49. The van der Waals surface area contributed by atoms with E-state index >= 15 is 0 Å². The molecule has 0 radical (unpaired) electrons. The molecule has 1 amide bonds. The topological polar surface area (TPSA) is 75.6 Å². The Labute approximate surface area is 141 Å². The molecule has 0 heterocycles. The summed E-state index contributed by atoms with van der Waals surface area (Å²) in [6.45, 7) is 5.91. The van der Waals surface area contributed by atoms with Crippen molar-refractivity contribution in [3.8, 4) is 5.75 Å². The minimum atomic E-state index is -0.744. The third kappa shape index (κ3) is 4.59. The molecule has 2 rings (SSSR count). The van der Waals surface area contributed by atoms with E-state index in [9.17, 15) is 14.7 Å². The van der Waals surface area contributed by atoms with Crippen molar-refractivity contribution in [1.82, 2.24) is 0 Å². The van der Waals surface area contributed by atoms with Gasteiger partial charge in [-0.25, -0.2) is 4.79 Å². The summed E-state index contributed by atoms with van der Waals surface area (Å²) in [5, 5.41) is 12.2. The minimum Gasteiger partial charge on any atom is -0.507 e. The number of hydrogen-bond acceptors (Lipinski definition) is 4. The highest BCUT2D eigenvalue weighted by molar-refractivity contribution is 5.96. The molecule has 0 saturated heterocycles. The van der Waals surface area contributed by atoms with E-state index in [1.54, 1.807) is 12.1 Å². The van der Waals surface area contributed by atoms with E-state index in [2.05, 4.69) is 26.1 Å². The van der Waals surface area contributed by atoms with Crippen LogP contribution in [0.15, 0.2) is 48.5 Å². The van der Waals surface area contributed by atoms with Crippen LogP contribution in [0.25, 0.3) is 0 Å². The Balaban J connectivity index is 1.90. The van der Waals surface area contributed by atoms with Crippen molar-refractivity contribution in [2.24, 2.45) is 0 Å². The number of hydrogen-bond donors (Lipinski definition) is 2. The molecule has 0 aliphatic rings. The van der Waals surface area contributed by atoms with E-state index < -0.39 is 18.5 Å². The highest BCUT2D eigenvalue weighted by Gasteiger charge is 2.15. The minimum absolute atomic E-state index is 0.0276. The zero-order valence-corrected chi connectivity index (χ0v) is 14.0. The highest BCUT2D eigenvalue weighted by Crippen LogP contribution is 2.23. The number of ether oxygens (including phenoxy) is 1. The molecule has 126 valence electrons. The first-order chi connectivity index (χ1) is 11.3. The fourth-order valence-electron chi connectivity index (χ4n) is 2.11. The monoisotopic (exact) mass is 327 g/mol. The van der Waals surface area contributed by atoms with Crippen LogP contribution in [0.5, 0.6) is 5.75 Å². The molecule has 0 saturated carbocycles. The molecular weight excluding hydrogens is 306 g/mol. The number of anilines is 1. The van der Waals surface area contributed by atoms with Gasteiger partial charge in [-0.15, -0.1) is 0 Å². The number of phenolic OH excluding ortho intramolecular Hbond substituents is 1. The number of aromatic hydroxyl groups is 1. The Morgan fingerprint density at radius 3 is 2.25 bits per heavy atom. The molecule has 2 aromatic carbocycles. The van der Waals surface area contributed by atoms with Crippen molar-refractivity contribution in [2.75, 3.05) is 11.9 Å².